The van der Waals surface area contributed by atoms with E-state index in [1.54, 1.807) is 26.6 Å². The van der Waals surface area contributed by atoms with E-state index < -0.39 is 0 Å². The second-order valence-electron chi connectivity index (χ2n) is 7.51. The van der Waals surface area contributed by atoms with Gasteiger partial charge in [0, 0.05) is 30.1 Å². The molecule has 5 rings (SSSR count). The molecule has 2 heterocycles. The summed E-state index contributed by atoms with van der Waals surface area (Å²) in [5, 5.41) is 0. The maximum Gasteiger partial charge on any atom is 0.232 e. The highest BCUT2D eigenvalue weighted by molar-refractivity contribution is 5.36. The Kier molecular flexibility index (Phi) is 7.02. The number of ether oxygens (including phenoxy) is 2. The molecule has 32 heavy (non-hydrogen) atoms. The molecule has 0 radical (unpaired) electrons. The Balaban J connectivity index is 0.000000354. The third-order valence-electron chi connectivity index (χ3n) is 5.67. The summed E-state index contributed by atoms with van der Waals surface area (Å²) in [5.41, 5.74) is 3.17. The van der Waals surface area contributed by atoms with Crippen LogP contribution < -0.4 is 9.47 Å². The standard InChI is InChI=1S/C20H20N4O2.C6H6/c1-25-18-11-21-9-16(23-18)14-8-15(17-10-22-12-19(24-17)26-2)20(14)13-6-4-3-5-7-13;1-2-4-6-5-3-1/h3-7,9-12,14-15,20H,8H2,1-2H3;1-6H. The fourth-order valence-corrected chi connectivity index (χ4v) is 4.06. The summed E-state index contributed by atoms with van der Waals surface area (Å²) in [6.07, 6.45) is 7.85. The molecule has 0 aliphatic heterocycles. The Bertz CT molecular complexity index is 1030. The van der Waals surface area contributed by atoms with Gasteiger partial charge < -0.3 is 9.47 Å². The van der Waals surface area contributed by atoms with Gasteiger partial charge in [-0.1, -0.05) is 66.7 Å². The maximum atomic E-state index is 5.24. The molecule has 1 fully saturated rings. The van der Waals surface area contributed by atoms with Crippen LogP contribution in [-0.4, -0.2) is 34.2 Å². The van der Waals surface area contributed by atoms with Crippen molar-refractivity contribution in [3.05, 3.63) is 108 Å². The van der Waals surface area contributed by atoms with Gasteiger partial charge in [0.05, 0.1) is 38.0 Å². The molecule has 2 unspecified atom stereocenters. The van der Waals surface area contributed by atoms with Crippen LogP contribution in [0.3, 0.4) is 0 Å². The first-order chi connectivity index (χ1) is 15.8. The Morgan fingerprint density at radius 1 is 0.625 bits per heavy atom. The van der Waals surface area contributed by atoms with Crippen LogP contribution in [0.1, 0.15) is 41.1 Å². The van der Waals surface area contributed by atoms with Crippen molar-refractivity contribution in [1.29, 1.82) is 0 Å². The molecule has 2 aromatic heterocycles. The van der Waals surface area contributed by atoms with Gasteiger partial charge in [0.2, 0.25) is 11.8 Å². The highest BCUT2D eigenvalue weighted by Crippen LogP contribution is 2.57. The van der Waals surface area contributed by atoms with Crippen molar-refractivity contribution in [2.75, 3.05) is 14.2 Å². The lowest BCUT2D eigenvalue weighted by Gasteiger charge is -2.44. The third kappa shape index (κ3) is 4.91. The Labute approximate surface area is 188 Å². The minimum atomic E-state index is 0.262. The number of benzene rings is 2. The van der Waals surface area contributed by atoms with Gasteiger partial charge in [-0.2, -0.15) is 0 Å². The van der Waals surface area contributed by atoms with Gasteiger partial charge in [0.25, 0.3) is 0 Å². The zero-order valence-electron chi connectivity index (χ0n) is 18.2. The van der Waals surface area contributed by atoms with Crippen LogP contribution >= 0.6 is 0 Å². The van der Waals surface area contributed by atoms with Gasteiger partial charge in [-0.15, -0.1) is 0 Å². The minimum Gasteiger partial charge on any atom is -0.480 e. The van der Waals surface area contributed by atoms with Crippen molar-refractivity contribution in [2.45, 2.75) is 24.2 Å². The van der Waals surface area contributed by atoms with Crippen LogP contribution in [0.15, 0.2) is 91.5 Å². The van der Waals surface area contributed by atoms with Crippen LogP contribution in [0.25, 0.3) is 0 Å². The molecule has 0 bridgehead atoms. The van der Waals surface area contributed by atoms with Gasteiger partial charge in [-0.05, 0) is 12.0 Å². The molecule has 2 atom stereocenters. The topological polar surface area (TPSA) is 70.0 Å². The van der Waals surface area contributed by atoms with Gasteiger partial charge in [-0.25, -0.2) is 9.97 Å². The predicted molar refractivity (Wildman–Crippen MR) is 123 cm³/mol. The molecule has 0 spiro atoms. The SMILES string of the molecule is COc1cncc(C2CC(c3cncc(OC)n3)C2c2ccccc2)n1.c1ccccc1. The Hall–Kier alpha value is -3.80. The zero-order valence-corrected chi connectivity index (χ0v) is 18.2. The average Bonchev–Trinajstić information content (AvgIpc) is 2.86. The molecule has 0 amide bonds. The molecule has 6 nitrogen and oxygen atoms in total. The van der Waals surface area contributed by atoms with Crippen molar-refractivity contribution >= 4 is 0 Å². The molecule has 162 valence electrons. The number of hydrogen-bond acceptors (Lipinski definition) is 6. The molecule has 6 heteroatoms. The number of hydrogen-bond donors (Lipinski definition) is 0. The van der Waals surface area contributed by atoms with Gasteiger partial charge in [0.15, 0.2) is 0 Å². The van der Waals surface area contributed by atoms with Crippen LogP contribution in [-0.2, 0) is 0 Å². The first kappa shape index (κ1) is 21.4. The summed E-state index contributed by atoms with van der Waals surface area (Å²) in [6.45, 7) is 0. The van der Waals surface area contributed by atoms with E-state index in [-0.39, 0.29) is 17.8 Å². The average molecular weight is 427 g/mol. The van der Waals surface area contributed by atoms with E-state index in [4.69, 9.17) is 9.47 Å². The van der Waals surface area contributed by atoms with E-state index in [2.05, 4.69) is 44.2 Å². The molecule has 2 aromatic carbocycles. The smallest absolute Gasteiger partial charge is 0.232 e. The quantitative estimate of drug-likeness (QED) is 0.446. The van der Waals surface area contributed by atoms with E-state index in [0.29, 0.717) is 11.8 Å². The lowest BCUT2D eigenvalue weighted by atomic mass is 9.59. The van der Waals surface area contributed by atoms with Crippen LogP contribution in [0, 0.1) is 0 Å². The van der Waals surface area contributed by atoms with Gasteiger partial charge in [-0.3, -0.25) is 9.97 Å². The van der Waals surface area contributed by atoms with Crippen molar-refractivity contribution in [3.8, 4) is 11.8 Å². The Morgan fingerprint density at radius 2 is 1.06 bits per heavy atom. The summed E-state index contributed by atoms with van der Waals surface area (Å²) in [6, 6.07) is 22.5. The summed E-state index contributed by atoms with van der Waals surface area (Å²) in [4.78, 5) is 17.8. The van der Waals surface area contributed by atoms with Gasteiger partial charge in [0.1, 0.15) is 0 Å². The summed E-state index contributed by atoms with van der Waals surface area (Å²) >= 11 is 0. The molecule has 1 aliphatic carbocycles. The monoisotopic (exact) mass is 426 g/mol. The van der Waals surface area contributed by atoms with E-state index in [9.17, 15) is 0 Å². The first-order valence-electron chi connectivity index (χ1n) is 10.6. The fraction of sp³-hybridized carbons (Fsp3) is 0.231. The van der Waals surface area contributed by atoms with E-state index in [0.717, 1.165) is 17.8 Å². The van der Waals surface area contributed by atoms with Crippen molar-refractivity contribution in [1.82, 2.24) is 19.9 Å². The van der Waals surface area contributed by atoms with Crippen molar-refractivity contribution < 1.29 is 9.47 Å². The minimum absolute atomic E-state index is 0.262. The predicted octanol–water partition coefficient (Wildman–Crippen LogP) is 5.03. The molecule has 0 N–H and O–H groups in total. The summed E-state index contributed by atoms with van der Waals surface area (Å²) < 4.78 is 10.5. The highest BCUT2D eigenvalue weighted by Gasteiger charge is 2.45. The third-order valence-corrected chi connectivity index (χ3v) is 5.67. The maximum absolute atomic E-state index is 5.24. The number of rotatable bonds is 5. The van der Waals surface area contributed by atoms with E-state index in [1.807, 2.05) is 54.9 Å². The first-order valence-corrected chi connectivity index (χ1v) is 10.6. The lowest BCUT2D eigenvalue weighted by Crippen LogP contribution is -2.32. The molecule has 4 aromatic rings. The highest BCUT2D eigenvalue weighted by atomic mass is 16.5. The molecule has 1 saturated carbocycles. The summed E-state index contributed by atoms with van der Waals surface area (Å²) in [7, 11) is 3.22. The van der Waals surface area contributed by atoms with E-state index in [1.165, 1.54) is 5.56 Å². The second-order valence-corrected chi connectivity index (χ2v) is 7.51. The molecular weight excluding hydrogens is 400 g/mol. The van der Waals surface area contributed by atoms with E-state index >= 15 is 0 Å². The van der Waals surface area contributed by atoms with Gasteiger partial charge >= 0.3 is 0 Å². The van der Waals surface area contributed by atoms with Crippen LogP contribution in [0.5, 0.6) is 11.8 Å². The normalized spacial score (nSPS) is 19.1. The lowest BCUT2D eigenvalue weighted by molar-refractivity contribution is 0.268. The molecule has 0 saturated heterocycles. The van der Waals surface area contributed by atoms with Crippen LogP contribution in [0.4, 0.5) is 0 Å². The molecular formula is C26H26N4O2. The van der Waals surface area contributed by atoms with Crippen LogP contribution in [0.2, 0.25) is 0 Å². The zero-order chi connectivity index (χ0) is 22.2. The second kappa shape index (κ2) is 10.5. The number of methoxy groups -OCH3 is 2. The fourth-order valence-electron chi connectivity index (χ4n) is 4.06. The largest absolute Gasteiger partial charge is 0.480 e. The molecule has 1 aliphatic rings. The van der Waals surface area contributed by atoms with Crippen molar-refractivity contribution in [3.63, 3.8) is 0 Å². The summed E-state index contributed by atoms with van der Waals surface area (Å²) in [5.74, 6) is 1.87. The van der Waals surface area contributed by atoms with Crippen molar-refractivity contribution in [2.24, 2.45) is 0 Å². The number of aromatic nitrogens is 4. The Morgan fingerprint density at radius 3 is 1.50 bits per heavy atom. The number of nitrogens with zero attached hydrogens (tertiary/aromatic N) is 4.